The third kappa shape index (κ3) is 5.12. The van der Waals surface area contributed by atoms with Gasteiger partial charge in [-0.25, -0.2) is 5.43 Å². The molecule has 6 nitrogen and oxygen atoms in total. The number of phenolic OH excluding ortho intramolecular Hbond substituents is 1. The third-order valence-corrected chi connectivity index (χ3v) is 3.57. The average molecular weight is 363 g/mol. The second-order valence-electron chi connectivity index (χ2n) is 5.70. The molecule has 2 N–H and O–H groups in total. The Morgan fingerprint density at radius 1 is 1.24 bits per heavy atom. The van der Waals surface area contributed by atoms with E-state index in [4.69, 9.17) is 21.1 Å². The Kier molecular flexibility index (Phi) is 5.88. The number of ether oxygens (including phenoxy) is 2. The molecule has 0 aliphatic rings. The minimum Gasteiger partial charge on any atom is -0.504 e. The number of hydrogen-bond donors (Lipinski definition) is 2. The van der Waals surface area contributed by atoms with Crippen LogP contribution in [0, 0.1) is 0 Å². The van der Waals surface area contributed by atoms with Crippen LogP contribution in [-0.4, -0.2) is 29.9 Å². The molecule has 25 heavy (non-hydrogen) atoms. The third-order valence-electron chi connectivity index (χ3n) is 3.32. The summed E-state index contributed by atoms with van der Waals surface area (Å²) in [6, 6.07) is 11.5. The number of phenols is 1. The molecule has 2 rings (SSSR count). The number of nitrogens with one attached hydrogen (secondary N) is 1. The molecule has 0 radical (unpaired) electrons. The minimum absolute atomic E-state index is 0.0289. The number of halogens is 1. The van der Waals surface area contributed by atoms with Crippen LogP contribution in [0.2, 0.25) is 5.02 Å². The fourth-order valence-electron chi connectivity index (χ4n) is 1.92. The van der Waals surface area contributed by atoms with E-state index in [0.29, 0.717) is 22.1 Å². The lowest BCUT2D eigenvalue weighted by atomic mass is 10.1. The smallest absolute Gasteiger partial charge is 0.283 e. The van der Waals surface area contributed by atoms with E-state index in [-0.39, 0.29) is 5.75 Å². The van der Waals surface area contributed by atoms with Gasteiger partial charge in [0.25, 0.3) is 5.91 Å². The van der Waals surface area contributed by atoms with Gasteiger partial charge in [0.05, 0.1) is 13.3 Å². The monoisotopic (exact) mass is 362 g/mol. The first-order valence-corrected chi connectivity index (χ1v) is 7.85. The zero-order chi connectivity index (χ0) is 18.4. The van der Waals surface area contributed by atoms with Crippen molar-refractivity contribution in [1.82, 2.24) is 5.43 Å². The average Bonchev–Trinajstić information content (AvgIpc) is 2.58. The molecule has 0 bridgehead atoms. The summed E-state index contributed by atoms with van der Waals surface area (Å²) in [5.74, 6) is 0.462. The van der Waals surface area contributed by atoms with Crippen molar-refractivity contribution < 1.29 is 19.4 Å². The maximum Gasteiger partial charge on any atom is 0.283 e. The Hall–Kier alpha value is -2.73. The van der Waals surface area contributed by atoms with Crippen LogP contribution in [0.15, 0.2) is 47.6 Å². The molecular weight excluding hydrogens is 344 g/mol. The van der Waals surface area contributed by atoms with Gasteiger partial charge in [0.2, 0.25) is 0 Å². The largest absolute Gasteiger partial charge is 0.504 e. The molecule has 2 aromatic rings. The molecule has 0 aliphatic carbocycles. The van der Waals surface area contributed by atoms with E-state index >= 15 is 0 Å². The summed E-state index contributed by atoms with van der Waals surface area (Å²) in [5, 5.41) is 14.0. The predicted octanol–water partition coefficient (Wildman–Crippen LogP) is 3.36. The van der Waals surface area contributed by atoms with E-state index in [1.54, 1.807) is 50.2 Å². The number of carbonyl (C=O) groups is 1. The van der Waals surface area contributed by atoms with Crippen LogP contribution in [0.25, 0.3) is 0 Å². The first-order chi connectivity index (χ1) is 11.8. The maximum absolute atomic E-state index is 12.3. The molecule has 0 saturated heterocycles. The Bertz CT molecular complexity index is 773. The lowest BCUT2D eigenvalue weighted by Gasteiger charge is -2.24. The van der Waals surface area contributed by atoms with Gasteiger partial charge in [0.15, 0.2) is 17.1 Å². The highest BCUT2D eigenvalue weighted by atomic mass is 35.5. The number of amides is 1. The molecule has 0 saturated carbocycles. The minimum atomic E-state index is -1.13. The van der Waals surface area contributed by atoms with Crippen molar-refractivity contribution in [2.75, 3.05) is 7.11 Å². The number of nitrogens with zero attached hydrogens (tertiary/aromatic N) is 1. The fourth-order valence-corrected chi connectivity index (χ4v) is 2.04. The van der Waals surface area contributed by atoms with Crippen LogP contribution >= 0.6 is 11.6 Å². The molecule has 0 unspecified atom stereocenters. The van der Waals surface area contributed by atoms with E-state index in [1.807, 2.05) is 0 Å². The molecule has 1 amide bonds. The number of hydrogen-bond acceptors (Lipinski definition) is 5. The highest BCUT2D eigenvalue weighted by Crippen LogP contribution is 2.25. The van der Waals surface area contributed by atoms with E-state index < -0.39 is 11.5 Å². The van der Waals surface area contributed by atoms with E-state index in [2.05, 4.69) is 10.5 Å². The van der Waals surface area contributed by atoms with Crippen LogP contribution in [-0.2, 0) is 4.79 Å². The van der Waals surface area contributed by atoms with E-state index in [0.717, 1.165) is 0 Å². The van der Waals surface area contributed by atoms with Crippen LogP contribution in [0.1, 0.15) is 19.4 Å². The molecule has 0 heterocycles. The molecule has 0 spiro atoms. The van der Waals surface area contributed by atoms with Gasteiger partial charge >= 0.3 is 0 Å². The van der Waals surface area contributed by atoms with Gasteiger partial charge in [-0.3, -0.25) is 4.79 Å². The summed E-state index contributed by atoms with van der Waals surface area (Å²) in [6.07, 6.45) is 1.44. The summed E-state index contributed by atoms with van der Waals surface area (Å²) in [4.78, 5) is 12.3. The topological polar surface area (TPSA) is 80.2 Å². The Balaban J connectivity index is 1.99. The van der Waals surface area contributed by atoms with Gasteiger partial charge in [-0.05, 0) is 61.9 Å². The Morgan fingerprint density at radius 3 is 2.56 bits per heavy atom. The molecule has 2 aromatic carbocycles. The Labute approximate surface area is 151 Å². The number of aromatic hydroxyl groups is 1. The van der Waals surface area contributed by atoms with Crippen LogP contribution in [0.4, 0.5) is 0 Å². The van der Waals surface area contributed by atoms with Crippen LogP contribution < -0.4 is 14.9 Å². The lowest BCUT2D eigenvalue weighted by molar-refractivity contribution is -0.134. The quantitative estimate of drug-likeness (QED) is 0.610. The number of carbonyl (C=O) groups excluding carboxylic acids is 1. The van der Waals surface area contributed by atoms with Crippen molar-refractivity contribution >= 4 is 23.7 Å². The molecule has 132 valence electrons. The summed E-state index contributed by atoms with van der Waals surface area (Å²) in [7, 11) is 1.45. The van der Waals surface area contributed by atoms with E-state index in [9.17, 15) is 9.90 Å². The number of hydrazone groups is 1. The van der Waals surface area contributed by atoms with Gasteiger partial charge < -0.3 is 14.6 Å². The van der Waals surface area contributed by atoms with Crippen molar-refractivity contribution in [3.05, 3.63) is 53.1 Å². The highest BCUT2D eigenvalue weighted by molar-refractivity contribution is 6.30. The number of methoxy groups -OCH3 is 1. The van der Waals surface area contributed by atoms with E-state index in [1.165, 1.54) is 19.4 Å². The zero-order valence-electron chi connectivity index (χ0n) is 14.1. The number of rotatable bonds is 6. The molecule has 0 aromatic heterocycles. The Morgan fingerprint density at radius 2 is 1.92 bits per heavy atom. The van der Waals surface area contributed by atoms with Gasteiger partial charge in [0.1, 0.15) is 5.75 Å². The van der Waals surface area contributed by atoms with Crippen molar-refractivity contribution in [2.24, 2.45) is 5.10 Å². The molecule has 7 heteroatoms. The summed E-state index contributed by atoms with van der Waals surface area (Å²) < 4.78 is 10.7. The normalized spacial score (nSPS) is 11.4. The highest BCUT2D eigenvalue weighted by Gasteiger charge is 2.29. The second-order valence-corrected chi connectivity index (χ2v) is 6.13. The van der Waals surface area contributed by atoms with Gasteiger partial charge in [0, 0.05) is 5.02 Å². The standard InChI is InChI=1S/C18H19ClN2O4/c1-18(2,25-14-7-5-13(19)6-8-14)17(23)21-20-11-12-4-9-15(22)16(10-12)24-3/h4-11,22H,1-3H3,(H,21,23)/b20-11-. The van der Waals surface area contributed by atoms with Crippen molar-refractivity contribution in [1.29, 1.82) is 0 Å². The van der Waals surface area contributed by atoms with Gasteiger partial charge in [-0.15, -0.1) is 0 Å². The molecule has 0 atom stereocenters. The first kappa shape index (κ1) is 18.6. The number of benzene rings is 2. The van der Waals surface area contributed by atoms with Crippen LogP contribution in [0.3, 0.4) is 0 Å². The summed E-state index contributed by atoms with van der Waals surface area (Å²) in [5.41, 5.74) is 1.96. The maximum atomic E-state index is 12.3. The summed E-state index contributed by atoms with van der Waals surface area (Å²) >= 11 is 5.82. The molecular formula is C18H19ClN2O4. The first-order valence-electron chi connectivity index (χ1n) is 7.47. The molecule has 0 fully saturated rings. The second kappa shape index (κ2) is 7.90. The lowest BCUT2D eigenvalue weighted by Crippen LogP contribution is -2.44. The molecule has 0 aliphatic heterocycles. The van der Waals surface area contributed by atoms with Crippen LogP contribution in [0.5, 0.6) is 17.2 Å². The SMILES string of the molecule is COc1cc(/C=N\NC(=O)C(C)(C)Oc2ccc(Cl)cc2)ccc1O. The van der Waals surface area contributed by atoms with Crippen molar-refractivity contribution in [3.8, 4) is 17.2 Å². The van der Waals surface area contributed by atoms with Gasteiger partial charge in [-0.1, -0.05) is 11.6 Å². The van der Waals surface area contributed by atoms with Crippen molar-refractivity contribution in [2.45, 2.75) is 19.4 Å². The zero-order valence-corrected chi connectivity index (χ0v) is 14.9. The predicted molar refractivity (Wildman–Crippen MR) is 96.6 cm³/mol. The summed E-state index contributed by atoms with van der Waals surface area (Å²) in [6.45, 7) is 3.27. The fraction of sp³-hybridized carbons (Fsp3) is 0.222. The van der Waals surface area contributed by atoms with Gasteiger partial charge in [-0.2, -0.15) is 5.10 Å². The van der Waals surface area contributed by atoms with Crippen molar-refractivity contribution in [3.63, 3.8) is 0 Å².